The van der Waals surface area contributed by atoms with E-state index in [1.54, 1.807) is 11.8 Å². The normalized spacial score (nSPS) is 27.5. The molecule has 1 rings (SSSR count). The van der Waals surface area contributed by atoms with Gasteiger partial charge in [0.2, 0.25) is 0 Å². The topological polar surface area (TPSA) is 49.3 Å². The van der Waals surface area contributed by atoms with Crippen molar-refractivity contribution in [3.8, 4) is 0 Å². The van der Waals surface area contributed by atoms with E-state index in [9.17, 15) is 4.79 Å². The Morgan fingerprint density at radius 3 is 2.92 bits per heavy atom. The Labute approximate surface area is 87.3 Å². The average Bonchev–Trinajstić information content (AvgIpc) is 2.52. The Morgan fingerprint density at radius 1 is 1.77 bits per heavy atom. The molecule has 0 spiro atoms. The summed E-state index contributed by atoms with van der Waals surface area (Å²) in [5.41, 5.74) is 0. The SMILES string of the molecule is CCC(=S)CC1NC(C(=O)O)CS1. The van der Waals surface area contributed by atoms with Gasteiger partial charge in [0.1, 0.15) is 6.04 Å². The van der Waals surface area contributed by atoms with Crippen molar-refractivity contribution in [3.63, 3.8) is 0 Å². The molecule has 0 aromatic rings. The van der Waals surface area contributed by atoms with Crippen molar-refractivity contribution in [1.29, 1.82) is 0 Å². The fourth-order valence-electron chi connectivity index (χ4n) is 1.14. The third-order valence-electron chi connectivity index (χ3n) is 1.96. The molecule has 2 atom stereocenters. The molecule has 1 saturated heterocycles. The average molecular weight is 219 g/mol. The molecule has 0 aromatic heterocycles. The van der Waals surface area contributed by atoms with Crippen molar-refractivity contribution >= 4 is 34.8 Å². The second-order valence-electron chi connectivity index (χ2n) is 2.98. The molecule has 1 fully saturated rings. The van der Waals surface area contributed by atoms with Gasteiger partial charge in [-0.05, 0) is 11.3 Å². The van der Waals surface area contributed by atoms with Gasteiger partial charge in [-0.2, -0.15) is 0 Å². The first kappa shape index (κ1) is 10.9. The van der Waals surface area contributed by atoms with Gasteiger partial charge in [-0.25, -0.2) is 0 Å². The maximum Gasteiger partial charge on any atom is 0.321 e. The van der Waals surface area contributed by atoms with E-state index in [0.29, 0.717) is 5.75 Å². The van der Waals surface area contributed by atoms with Gasteiger partial charge in [0.15, 0.2) is 0 Å². The number of nitrogens with one attached hydrogen (secondary N) is 1. The van der Waals surface area contributed by atoms with E-state index in [0.717, 1.165) is 17.7 Å². The van der Waals surface area contributed by atoms with Crippen LogP contribution in [-0.4, -0.2) is 33.1 Å². The molecule has 0 bridgehead atoms. The fraction of sp³-hybridized carbons (Fsp3) is 0.750. The molecule has 3 nitrogen and oxygen atoms in total. The van der Waals surface area contributed by atoms with Crippen molar-refractivity contribution < 1.29 is 9.90 Å². The fourth-order valence-corrected chi connectivity index (χ4v) is 2.66. The van der Waals surface area contributed by atoms with Gasteiger partial charge in [0.05, 0.1) is 5.37 Å². The van der Waals surface area contributed by atoms with Crippen LogP contribution in [0, 0.1) is 0 Å². The smallest absolute Gasteiger partial charge is 0.321 e. The Hall–Kier alpha value is -0.130. The van der Waals surface area contributed by atoms with Crippen LogP contribution in [0.3, 0.4) is 0 Å². The lowest BCUT2D eigenvalue weighted by Gasteiger charge is -2.10. The minimum Gasteiger partial charge on any atom is -0.480 e. The van der Waals surface area contributed by atoms with E-state index in [-0.39, 0.29) is 5.37 Å². The van der Waals surface area contributed by atoms with Gasteiger partial charge in [0, 0.05) is 12.2 Å². The molecule has 5 heteroatoms. The van der Waals surface area contributed by atoms with Crippen molar-refractivity contribution in [1.82, 2.24) is 5.32 Å². The predicted molar refractivity (Wildman–Crippen MR) is 58.3 cm³/mol. The number of thioether (sulfide) groups is 1. The standard InChI is InChI=1S/C8H13NO2S2/c1-2-5(12)3-7-9-6(4-13-7)8(10)11/h6-7,9H,2-4H2,1H3,(H,10,11). The summed E-state index contributed by atoms with van der Waals surface area (Å²) in [6.45, 7) is 2.02. The lowest BCUT2D eigenvalue weighted by molar-refractivity contribution is -0.138. The molecule has 13 heavy (non-hydrogen) atoms. The molecule has 0 radical (unpaired) electrons. The number of carboxylic acids is 1. The van der Waals surface area contributed by atoms with Crippen LogP contribution in [0.1, 0.15) is 19.8 Å². The Kier molecular flexibility index (Phi) is 4.15. The molecular weight excluding hydrogens is 206 g/mol. The molecule has 1 aliphatic rings. The first-order chi connectivity index (χ1) is 6.13. The highest BCUT2D eigenvalue weighted by molar-refractivity contribution is 8.00. The van der Waals surface area contributed by atoms with E-state index in [2.05, 4.69) is 5.32 Å². The van der Waals surface area contributed by atoms with E-state index in [1.807, 2.05) is 6.92 Å². The molecule has 2 unspecified atom stereocenters. The lowest BCUT2D eigenvalue weighted by Crippen LogP contribution is -2.37. The highest BCUT2D eigenvalue weighted by atomic mass is 32.2. The summed E-state index contributed by atoms with van der Waals surface area (Å²) >= 11 is 6.74. The summed E-state index contributed by atoms with van der Waals surface area (Å²) in [4.78, 5) is 11.6. The molecular formula is C8H13NO2S2. The van der Waals surface area contributed by atoms with E-state index >= 15 is 0 Å². The van der Waals surface area contributed by atoms with Crippen LogP contribution in [0.4, 0.5) is 0 Å². The summed E-state index contributed by atoms with van der Waals surface area (Å²) in [6.07, 6.45) is 1.70. The minimum absolute atomic E-state index is 0.202. The first-order valence-corrected chi connectivity index (χ1v) is 5.71. The second kappa shape index (κ2) is 4.93. The van der Waals surface area contributed by atoms with Crippen molar-refractivity contribution in [2.75, 3.05) is 5.75 Å². The van der Waals surface area contributed by atoms with Gasteiger partial charge in [-0.1, -0.05) is 19.1 Å². The maximum absolute atomic E-state index is 10.6. The largest absolute Gasteiger partial charge is 0.480 e. The third-order valence-corrected chi connectivity index (χ3v) is 3.64. The molecule has 1 aliphatic heterocycles. The van der Waals surface area contributed by atoms with Crippen LogP contribution < -0.4 is 5.32 Å². The van der Waals surface area contributed by atoms with Gasteiger partial charge < -0.3 is 5.11 Å². The van der Waals surface area contributed by atoms with Gasteiger partial charge in [-0.15, -0.1) is 11.8 Å². The highest BCUT2D eigenvalue weighted by Crippen LogP contribution is 2.22. The Morgan fingerprint density at radius 2 is 2.46 bits per heavy atom. The summed E-state index contributed by atoms with van der Waals surface area (Å²) in [7, 11) is 0. The molecule has 0 amide bonds. The zero-order chi connectivity index (χ0) is 9.84. The molecule has 74 valence electrons. The molecule has 0 saturated carbocycles. The number of hydrogen-bond acceptors (Lipinski definition) is 4. The van der Waals surface area contributed by atoms with Gasteiger partial charge in [0.25, 0.3) is 0 Å². The summed E-state index contributed by atoms with van der Waals surface area (Å²) < 4.78 is 0. The van der Waals surface area contributed by atoms with Crippen molar-refractivity contribution in [2.45, 2.75) is 31.2 Å². The predicted octanol–water partition coefficient (Wildman–Crippen LogP) is 1.27. The summed E-state index contributed by atoms with van der Waals surface area (Å²) in [6, 6.07) is -0.394. The zero-order valence-corrected chi connectivity index (χ0v) is 9.08. The van der Waals surface area contributed by atoms with E-state index in [1.165, 1.54) is 0 Å². The van der Waals surface area contributed by atoms with Crippen LogP contribution in [-0.2, 0) is 4.79 Å². The van der Waals surface area contributed by atoms with Gasteiger partial charge >= 0.3 is 5.97 Å². The quantitative estimate of drug-likeness (QED) is 0.697. The molecule has 1 heterocycles. The number of hydrogen-bond donors (Lipinski definition) is 2. The number of thiocarbonyl (C=S) groups is 1. The van der Waals surface area contributed by atoms with Crippen LogP contribution in [0.5, 0.6) is 0 Å². The van der Waals surface area contributed by atoms with Crippen LogP contribution in [0.15, 0.2) is 0 Å². The number of carboxylic acid groups (broad SMARTS) is 1. The van der Waals surface area contributed by atoms with E-state index < -0.39 is 12.0 Å². The highest BCUT2D eigenvalue weighted by Gasteiger charge is 2.29. The third kappa shape index (κ3) is 3.25. The number of rotatable bonds is 4. The van der Waals surface area contributed by atoms with Crippen molar-refractivity contribution in [2.24, 2.45) is 0 Å². The molecule has 0 aliphatic carbocycles. The van der Waals surface area contributed by atoms with E-state index in [4.69, 9.17) is 17.3 Å². The second-order valence-corrected chi connectivity index (χ2v) is 4.79. The first-order valence-electron chi connectivity index (χ1n) is 4.25. The summed E-state index contributed by atoms with van der Waals surface area (Å²) in [5, 5.41) is 11.9. The van der Waals surface area contributed by atoms with Crippen LogP contribution >= 0.6 is 24.0 Å². The van der Waals surface area contributed by atoms with Crippen molar-refractivity contribution in [3.05, 3.63) is 0 Å². The lowest BCUT2D eigenvalue weighted by atomic mass is 10.2. The molecule has 2 N–H and O–H groups in total. The molecule has 0 aromatic carbocycles. The maximum atomic E-state index is 10.6. The minimum atomic E-state index is -0.766. The van der Waals surface area contributed by atoms with Crippen LogP contribution in [0.25, 0.3) is 0 Å². The Balaban J connectivity index is 2.33. The number of carbonyl (C=O) groups is 1. The number of aliphatic carboxylic acids is 1. The van der Waals surface area contributed by atoms with Gasteiger partial charge in [-0.3, -0.25) is 10.1 Å². The zero-order valence-electron chi connectivity index (χ0n) is 7.45. The summed E-state index contributed by atoms with van der Waals surface area (Å²) in [5.74, 6) is -0.121. The monoisotopic (exact) mass is 219 g/mol. The Bertz CT molecular complexity index is 220. The van der Waals surface area contributed by atoms with Crippen LogP contribution in [0.2, 0.25) is 0 Å².